The van der Waals surface area contributed by atoms with E-state index in [0.29, 0.717) is 24.5 Å². The van der Waals surface area contributed by atoms with Gasteiger partial charge in [-0.15, -0.1) is 0 Å². The lowest BCUT2D eigenvalue weighted by molar-refractivity contribution is 0.0711. The van der Waals surface area contributed by atoms with E-state index < -0.39 is 9.84 Å². The van der Waals surface area contributed by atoms with Gasteiger partial charge in [0, 0.05) is 36.9 Å². The van der Waals surface area contributed by atoms with Crippen molar-refractivity contribution in [2.75, 3.05) is 25.1 Å². The van der Waals surface area contributed by atoms with E-state index in [0.717, 1.165) is 24.8 Å². The first-order chi connectivity index (χ1) is 11.3. The van der Waals surface area contributed by atoms with Crippen LogP contribution in [0.5, 0.6) is 0 Å². The molecule has 0 spiro atoms. The molecular weight excluding hydrogens is 330 g/mol. The summed E-state index contributed by atoms with van der Waals surface area (Å²) in [7, 11) is -3.33. The molecule has 0 bridgehead atoms. The quantitative estimate of drug-likeness (QED) is 0.903. The number of benzene rings is 1. The van der Waals surface area contributed by atoms with Crippen LogP contribution in [0.25, 0.3) is 0 Å². The number of rotatable bonds is 3. The van der Waals surface area contributed by atoms with Gasteiger partial charge >= 0.3 is 0 Å². The van der Waals surface area contributed by atoms with Crippen LogP contribution in [0.2, 0.25) is 0 Å². The summed E-state index contributed by atoms with van der Waals surface area (Å²) in [6, 6.07) is 7.88. The summed E-state index contributed by atoms with van der Waals surface area (Å²) < 4.78 is 28.2. The summed E-state index contributed by atoms with van der Waals surface area (Å²) in [6.07, 6.45) is 2.67. The highest BCUT2D eigenvalue weighted by Gasteiger charge is 2.26. The van der Waals surface area contributed by atoms with Gasteiger partial charge in [-0.2, -0.15) is 0 Å². The van der Waals surface area contributed by atoms with Crippen LogP contribution in [0.4, 0.5) is 5.88 Å². The number of piperidine rings is 1. The minimum Gasteiger partial charge on any atom is -0.368 e. The van der Waals surface area contributed by atoms with E-state index in [4.69, 9.17) is 10.3 Å². The smallest absolute Gasteiger partial charge is 0.253 e. The second kappa shape index (κ2) is 6.27. The van der Waals surface area contributed by atoms with Gasteiger partial charge in [-0.3, -0.25) is 4.79 Å². The van der Waals surface area contributed by atoms with Crippen LogP contribution in [0.1, 0.15) is 34.8 Å². The number of carbonyl (C=O) groups is 1. The first-order valence-corrected chi connectivity index (χ1v) is 9.55. The number of hydrogen-bond donors (Lipinski definition) is 1. The van der Waals surface area contributed by atoms with E-state index in [2.05, 4.69) is 5.16 Å². The van der Waals surface area contributed by atoms with Crippen molar-refractivity contribution in [1.82, 2.24) is 10.1 Å². The molecule has 7 nitrogen and oxygen atoms in total. The average molecular weight is 349 g/mol. The number of carbonyl (C=O) groups excluding carboxylic acids is 1. The summed E-state index contributed by atoms with van der Waals surface area (Å²) in [6.45, 7) is 1.17. The summed E-state index contributed by atoms with van der Waals surface area (Å²) >= 11 is 0. The molecule has 0 atom stereocenters. The van der Waals surface area contributed by atoms with Gasteiger partial charge in [0.2, 0.25) is 5.88 Å². The molecule has 2 heterocycles. The van der Waals surface area contributed by atoms with Crippen molar-refractivity contribution in [3.8, 4) is 0 Å². The molecule has 1 saturated heterocycles. The summed E-state index contributed by atoms with van der Waals surface area (Å²) in [5.41, 5.74) is 6.75. The number of likely N-dealkylation sites (tertiary alicyclic amines) is 1. The Bertz CT molecular complexity index is 852. The van der Waals surface area contributed by atoms with Crippen LogP contribution in [0.15, 0.2) is 39.8 Å². The first kappa shape index (κ1) is 16.5. The van der Waals surface area contributed by atoms with Gasteiger partial charge in [0.05, 0.1) is 10.6 Å². The van der Waals surface area contributed by atoms with Gasteiger partial charge in [-0.05, 0) is 31.0 Å². The Morgan fingerprint density at radius 3 is 2.58 bits per heavy atom. The topological polar surface area (TPSA) is 106 Å². The van der Waals surface area contributed by atoms with Crippen molar-refractivity contribution in [2.45, 2.75) is 23.7 Å². The van der Waals surface area contributed by atoms with Crippen LogP contribution in [0, 0.1) is 0 Å². The van der Waals surface area contributed by atoms with E-state index in [9.17, 15) is 13.2 Å². The fraction of sp³-hybridized carbons (Fsp3) is 0.375. The molecular formula is C16H19N3O4S. The molecule has 1 aromatic carbocycles. The second-order valence-electron chi connectivity index (χ2n) is 6.02. The number of aromatic nitrogens is 1. The molecule has 1 aliphatic rings. The van der Waals surface area contributed by atoms with Gasteiger partial charge in [-0.1, -0.05) is 11.2 Å². The highest BCUT2D eigenvalue weighted by molar-refractivity contribution is 7.90. The maximum Gasteiger partial charge on any atom is 0.253 e. The molecule has 3 rings (SSSR count). The normalized spacial score (nSPS) is 16.3. The molecule has 1 aliphatic heterocycles. The average Bonchev–Trinajstić information content (AvgIpc) is 3.00. The molecule has 0 unspecified atom stereocenters. The number of hydrogen-bond acceptors (Lipinski definition) is 6. The third-order valence-corrected chi connectivity index (χ3v) is 5.37. The number of nitrogens with zero attached hydrogens (tertiary/aromatic N) is 2. The predicted octanol–water partition coefficient (Wildman–Crippen LogP) is 1.68. The van der Waals surface area contributed by atoms with Crippen molar-refractivity contribution in [3.63, 3.8) is 0 Å². The van der Waals surface area contributed by atoms with Crippen LogP contribution < -0.4 is 5.73 Å². The monoisotopic (exact) mass is 349 g/mol. The molecule has 8 heteroatoms. The number of amides is 1. The Kier molecular flexibility index (Phi) is 4.31. The third kappa shape index (κ3) is 3.43. The molecule has 1 aromatic heterocycles. The highest BCUT2D eigenvalue weighted by Crippen LogP contribution is 2.29. The SMILES string of the molecule is CS(=O)(=O)c1cccc(C(=O)N2CCC(c3cc(N)on3)CC2)c1. The minimum atomic E-state index is -3.33. The molecule has 24 heavy (non-hydrogen) atoms. The zero-order chi connectivity index (χ0) is 17.3. The number of nitrogens with two attached hydrogens (primary N) is 1. The fourth-order valence-electron chi connectivity index (χ4n) is 2.92. The van der Waals surface area contributed by atoms with E-state index >= 15 is 0 Å². The van der Waals surface area contributed by atoms with Crippen molar-refractivity contribution in [2.24, 2.45) is 0 Å². The molecule has 1 amide bonds. The molecule has 2 aromatic rings. The second-order valence-corrected chi connectivity index (χ2v) is 8.04. The Hall–Kier alpha value is -2.35. The fourth-order valence-corrected chi connectivity index (χ4v) is 3.58. The van der Waals surface area contributed by atoms with Gasteiger partial charge in [0.15, 0.2) is 9.84 Å². The van der Waals surface area contributed by atoms with Gasteiger partial charge in [0.1, 0.15) is 0 Å². The van der Waals surface area contributed by atoms with Crippen molar-refractivity contribution in [1.29, 1.82) is 0 Å². The van der Waals surface area contributed by atoms with Crippen LogP contribution in [0.3, 0.4) is 0 Å². The van der Waals surface area contributed by atoms with Crippen molar-refractivity contribution >= 4 is 21.6 Å². The number of sulfone groups is 1. The Balaban J connectivity index is 1.69. The Labute approximate surface area is 140 Å². The zero-order valence-electron chi connectivity index (χ0n) is 13.3. The molecule has 1 fully saturated rings. The van der Waals surface area contributed by atoms with Gasteiger partial charge in [-0.25, -0.2) is 8.42 Å². The first-order valence-electron chi connectivity index (χ1n) is 7.66. The van der Waals surface area contributed by atoms with Crippen LogP contribution in [-0.4, -0.2) is 43.7 Å². The highest BCUT2D eigenvalue weighted by atomic mass is 32.2. The predicted molar refractivity (Wildman–Crippen MR) is 88.3 cm³/mol. The summed E-state index contributed by atoms with van der Waals surface area (Å²) in [5, 5.41) is 3.94. The standard InChI is InChI=1S/C16H19N3O4S/c1-24(21,22)13-4-2-3-12(9-13)16(20)19-7-5-11(6-8-19)14-10-15(17)23-18-14/h2-4,9-11H,5-8,17H2,1H3. The van der Waals surface area contributed by atoms with Crippen LogP contribution in [-0.2, 0) is 9.84 Å². The molecule has 0 aliphatic carbocycles. The maximum absolute atomic E-state index is 12.6. The van der Waals surface area contributed by atoms with E-state index in [-0.39, 0.29) is 16.7 Å². The lowest BCUT2D eigenvalue weighted by Gasteiger charge is -2.31. The van der Waals surface area contributed by atoms with Gasteiger partial charge in [0.25, 0.3) is 5.91 Å². The number of anilines is 1. The van der Waals surface area contributed by atoms with E-state index in [1.54, 1.807) is 23.1 Å². The summed E-state index contributed by atoms with van der Waals surface area (Å²) in [4.78, 5) is 14.5. The molecule has 0 saturated carbocycles. The zero-order valence-corrected chi connectivity index (χ0v) is 14.1. The van der Waals surface area contributed by atoms with Crippen molar-refractivity contribution < 1.29 is 17.7 Å². The lowest BCUT2D eigenvalue weighted by atomic mass is 9.93. The summed E-state index contributed by atoms with van der Waals surface area (Å²) in [5.74, 6) is 0.358. The molecule has 128 valence electrons. The minimum absolute atomic E-state index is 0.154. The molecule has 0 radical (unpaired) electrons. The third-order valence-electron chi connectivity index (χ3n) is 4.26. The number of nitrogen functional groups attached to an aromatic ring is 1. The molecule has 2 N–H and O–H groups in total. The van der Waals surface area contributed by atoms with E-state index in [1.165, 1.54) is 12.1 Å². The lowest BCUT2D eigenvalue weighted by Crippen LogP contribution is -2.38. The maximum atomic E-state index is 12.6. The Morgan fingerprint density at radius 1 is 1.29 bits per heavy atom. The van der Waals surface area contributed by atoms with Crippen molar-refractivity contribution in [3.05, 3.63) is 41.6 Å². The largest absolute Gasteiger partial charge is 0.368 e. The Morgan fingerprint density at radius 2 is 2.00 bits per heavy atom. The van der Waals surface area contributed by atoms with Gasteiger partial charge < -0.3 is 15.2 Å². The van der Waals surface area contributed by atoms with Crippen LogP contribution >= 0.6 is 0 Å². The van der Waals surface area contributed by atoms with E-state index in [1.807, 2.05) is 0 Å².